The summed E-state index contributed by atoms with van der Waals surface area (Å²) >= 11 is 0. The largest absolute Gasteiger partial charge is 0.358 e. The molecular formula is C21H27FN4O2. The normalized spacial score (nSPS) is 19.0. The van der Waals surface area contributed by atoms with E-state index in [9.17, 15) is 14.0 Å². The summed E-state index contributed by atoms with van der Waals surface area (Å²) in [5, 5.41) is 3.82. The average molecular weight is 386 g/mol. The van der Waals surface area contributed by atoms with Gasteiger partial charge in [0.2, 0.25) is 11.8 Å². The van der Waals surface area contributed by atoms with Crippen LogP contribution < -0.4 is 5.32 Å². The summed E-state index contributed by atoms with van der Waals surface area (Å²) in [5.41, 5.74) is 2.61. The second-order valence-corrected chi connectivity index (χ2v) is 7.97. The highest BCUT2D eigenvalue weighted by Crippen LogP contribution is 2.24. The third-order valence-corrected chi connectivity index (χ3v) is 5.93. The molecule has 7 heteroatoms. The first-order chi connectivity index (χ1) is 13.4. The van der Waals surface area contributed by atoms with E-state index in [1.54, 1.807) is 6.07 Å². The molecule has 2 N–H and O–H groups in total. The van der Waals surface area contributed by atoms with Gasteiger partial charge < -0.3 is 15.2 Å². The Morgan fingerprint density at radius 2 is 1.96 bits per heavy atom. The monoisotopic (exact) mass is 386 g/mol. The molecule has 0 bridgehead atoms. The van der Waals surface area contributed by atoms with Gasteiger partial charge in [-0.2, -0.15) is 0 Å². The Hall–Kier alpha value is -2.41. The van der Waals surface area contributed by atoms with Crippen LogP contribution in [0.15, 0.2) is 18.2 Å². The van der Waals surface area contributed by atoms with Gasteiger partial charge >= 0.3 is 0 Å². The maximum atomic E-state index is 13.6. The Morgan fingerprint density at radius 3 is 2.64 bits per heavy atom. The number of aryl methyl sites for hydroxylation is 1. The van der Waals surface area contributed by atoms with E-state index in [0.717, 1.165) is 35.0 Å². The van der Waals surface area contributed by atoms with Crippen LogP contribution in [0.1, 0.15) is 31.0 Å². The van der Waals surface area contributed by atoms with E-state index in [0.29, 0.717) is 32.2 Å². The van der Waals surface area contributed by atoms with E-state index < -0.39 is 0 Å². The molecule has 28 heavy (non-hydrogen) atoms. The third kappa shape index (κ3) is 3.90. The van der Waals surface area contributed by atoms with E-state index in [-0.39, 0.29) is 30.1 Å². The zero-order valence-electron chi connectivity index (χ0n) is 16.4. The molecule has 2 aliphatic rings. The predicted octanol–water partition coefficient (Wildman–Crippen LogP) is 1.97. The molecule has 0 radical (unpaired) electrons. The number of carbonyl (C=O) groups excluding carboxylic acids is 2. The van der Waals surface area contributed by atoms with Crippen molar-refractivity contribution < 1.29 is 14.0 Å². The molecule has 6 nitrogen and oxygen atoms in total. The standard InChI is InChI=1S/C21H27FN4O2/c1-13-17(18-11-15(22)3-6-19(18)23-13)12-20(27)26-9-7-25(8-10-26)14(2)21(28)24-16-4-5-16/h3,6,11,14,16,23H,4-5,7-10,12H2,1-2H3,(H,24,28). The number of H-pyrrole nitrogens is 1. The van der Waals surface area contributed by atoms with E-state index in [1.807, 2.05) is 18.7 Å². The highest BCUT2D eigenvalue weighted by Gasteiger charge is 2.31. The van der Waals surface area contributed by atoms with Crippen molar-refractivity contribution in [3.63, 3.8) is 0 Å². The smallest absolute Gasteiger partial charge is 0.237 e. The number of benzene rings is 1. The first kappa shape index (κ1) is 18.9. The van der Waals surface area contributed by atoms with E-state index in [4.69, 9.17) is 0 Å². The van der Waals surface area contributed by atoms with Crippen molar-refractivity contribution in [3.05, 3.63) is 35.3 Å². The third-order valence-electron chi connectivity index (χ3n) is 5.93. The summed E-state index contributed by atoms with van der Waals surface area (Å²) in [5.74, 6) is -0.172. The lowest BCUT2D eigenvalue weighted by Gasteiger charge is -2.37. The second-order valence-electron chi connectivity index (χ2n) is 7.97. The van der Waals surface area contributed by atoms with Crippen molar-refractivity contribution in [3.8, 4) is 0 Å². The van der Waals surface area contributed by atoms with Crippen molar-refractivity contribution in [1.29, 1.82) is 0 Å². The van der Waals surface area contributed by atoms with Gasteiger partial charge in [0.25, 0.3) is 0 Å². The van der Waals surface area contributed by atoms with Crippen LogP contribution in [0.25, 0.3) is 10.9 Å². The van der Waals surface area contributed by atoms with Gasteiger partial charge in [-0.25, -0.2) is 4.39 Å². The Morgan fingerprint density at radius 1 is 1.25 bits per heavy atom. The molecule has 1 aliphatic heterocycles. The number of aromatic nitrogens is 1. The maximum Gasteiger partial charge on any atom is 0.237 e. The molecule has 1 aliphatic carbocycles. The lowest BCUT2D eigenvalue weighted by molar-refractivity contribution is -0.133. The molecule has 4 rings (SSSR count). The summed E-state index contributed by atoms with van der Waals surface area (Å²) in [4.78, 5) is 32.3. The minimum atomic E-state index is -0.299. The summed E-state index contributed by atoms with van der Waals surface area (Å²) in [6, 6.07) is 4.81. The molecule has 1 saturated heterocycles. The van der Waals surface area contributed by atoms with Crippen LogP contribution in [-0.2, 0) is 16.0 Å². The molecule has 1 aromatic carbocycles. The first-order valence-electron chi connectivity index (χ1n) is 10.0. The first-order valence-corrected chi connectivity index (χ1v) is 10.0. The van der Waals surface area contributed by atoms with Crippen molar-refractivity contribution in [2.45, 2.75) is 45.2 Å². The van der Waals surface area contributed by atoms with Crippen LogP contribution in [0.5, 0.6) is 0 Å². The summed E-state index contributed by atoms with van der Waals surface area (Å²) in [6.45, 7) is 6.43. The fourth-order valence-corrected chi connectivity index (χ4v) is 3.92. The average Bonchev–Trinajstić information content (AvgIpc) is 3.45. The fourth-order valence-electron chi connectivity index (χ4n) is 3.92. The molecule has 1 unspecified atom stereocenters. The van der Waals surface area contributed by atoms with Crippen LogP contribution in [0.3, 0.4) is 0 Å². The topological polar surface area (TPSA) is 68.4 Å². The molecule has 2 heterocycles. The van der Waals surface area contributed by atoms with Crippen LogP contribution in [-0.4, -0.2) is 64.9 Å². The number of piperazine rings is 1. The quantitative estimate of drug-likeness (QED) is 0.826. The Bertz CT molecular complexity index is 897. The van der Waals surface area contributed by atoms with Crippen LogP contribution >= 0.6 is 0 Å². The van der Waals surface area contributed by atoms with E-state index >= 15 is 0 Å². The number of fused-ring (bicyclic) bond motifs is 1. The summed E-state index contributed by atoms with van der Waals surface area (Å²) in [6.07, 6.45) is 2.42. The van der Waals surface area contributed by atoms with Gasteiger partial charge in [0, 0.05) is 48.8 Å². The van der Waals surface area contributed by atoms with E-state index in [2.05, 4.69) is 15.2 Å². The van der Waals surface area contributed by atoms with Crippen LogP contribution in [0.4, 0.5) is 4.39 Å². The lowest BCUT2D eigenvalue weighted by atomic mass is 10.1. The highest BCUT2D eigenvalue weighted by atomic mass is 19.1. The number of hydrogen-bond acceptors (Lipinski definition) is 3. The highest BCUT2D eigenvalue weighted by molar-refractivity contribution is 5.90. The molecule has 150 valence electrons. The van der Waals surface area contributed by atoms with Crippen LogP contribution in [0, 0.1) is 12.7 Å². The number of halogens is 1. The molecule has 2 aromatic rings. The summed E-state index contributed by atoms with van der Waals surface area (Å²) in [7, 11) is 0. The number of amides is 2. The lowest BCUT2D eigenvalue weighted by Crippen LogP contribution is -2.55. The van der Waals surface area contributed by atoms with Gasteiger partial charge in [0.15, 0.2) is 0 Å². The molecule has 1 saturated carbocycles. The van der Waals surface area contributed by atoms with Crippen molar-refractivity contribution >= 4 is 22.7 Å². The van der Waals surface area contributed by atoms with Crippen molar-refractivity contribution in [2.75, 3.05) is 26.2 Å². The number of nitrogens with zero attached hydrogens (tertiary/aromatic N) is 2. The zero-order chi connectivity index (χ0) is 19.8. The SMILES string of the molecule is Cc1[nH]c2ccc(F)cc2c1CC(=O)N1CCN(C(C)C(=O)NC2CC2)CC1. The Labute approximate surface area is 164 Å². The van der Waals surface area contributed by atoms with Crippen LogP contribution in [0.2, 0.25) is 0 Å². The van der Waals surface area contributed by atoms with Crippen molar-refractivity contribution in [1.82, 2.24) is 20.1 Å². The molecular weight excluding hydrogens is 359 g/mol. The molecule has 1 atom stereocenters. The minimum absolute atomic E-state index is 0.0444. The van der Waals surface area contributed by atoms with Gasteiger partial charge in [0.05, 0.1) is 12.5 Å². The molecule has 2 fully saturated rings. The number of aromatic amines is 1. The number of hydrogen-bond donors (Lipinski definition) is 2. The molecule has 1 aromatic heterocycles. The minimum Gasteiger partial charge on any atom is -0.358 e. The zero-order valence-corrected chi connectivity index (χ0v) is 16.4. The van der Waals surface area contributed by atoms with Crippen molar-refractivity contribution in [2.24, 2.45) is 0 Å². The molecule has 2 amide bonds. The number of rotatable bonds is 5. The molecule has 0 spiro atoms. The number of nitrogens with one attached hydrogen (secondary N) is 2. The van der Waals surface area contributed by atoms with Gasteiger partial charge in [-0.3, -0.25) is 14.5 Å². The van der Waals surface area contributed by atoms with Gasteiger partial charge in [-0.05, 0) is 50.5 Å². The fraction of sp³-hybridized carbons (Fsp3) is 0.524. The second kappa shape index (κ2) is 7.54. The van der Waals surface area contributed by atoms with Gasteiger partial charge in [0.1, 0.15) is 5.82 Å². The maximum absolute atomic E-state index is 13.6. The number of carbonyl (C=O) groups is 2. The van der Waals surface area contributed by atoms with Gasteiger partial charge in [-0.1, -0.05) is 0 Å². The Balaban J connectivity index is 1.36. The van der Waals surface area contributed by atoms with Gasteiger partial charge in [-0.15, -0.1) is 0 Å². The summed E-state index contributed by atoms with van der Waals surface area (Å²) < 4.78 is 13.6. The van der Waals surface area contributed by atoms with E-state index in [1.165, 1.54) is 12.1 Å². The predicted molar refractivity (Wildman–Crippen MR) is 105 cm³/mol. The Kier molecular flexibility index (Phi) is 5.10.